The molecule has 1 aliphatic heterocycles. The Morgan fingerprint density at radius 1 is 1.03 bits per heavy atom. The highest BCUT2D eigenvalue weighted by atomic mass is 16.5. The smallest absolute Gasteiger partial charge is 0.308 e. The highest BCUT2D eigenvalue weighted by Gasteiger charge is 2.34. The van der Waals surface area contributed by atoms with E-state index in [4.69, 9.17) is 14.2 Å². The first-order valence-corrected chi connectivity index (χ1v) is 10.4. The molecule has 8 heteroatoms. The third-order valence-electron chi connectivity index (χ3n) is 5.68. The van der Waals surface area contributed by atoms with Crippen molar-refractivity contribution in [3.05, 3.63) is 24.3 Å². The molecule has 0 aromatic heterocycles. The number of esters is 1. The highest BCUT2D eigenvalue weighted by Crippen LogP contribution is 2.29. The molecule has 8 nitrogen and oxygen atoms in total. The van der Waals surface area contributed by atoms with Gasteiger partial charge in [0, 0.05) is 32.1 Å². The van der Waals surface area contributed by atoms with Gasteiger partial charge in [-0.05, 0) is 37.8 Å². The van der Waals surface area contributed by atoms with Gasteiger partial charge in [-0.3, -0.25) is 14.4 Å². The van der Waals surface area contributed by atoms with E-state index in [1.165, 1.54) is 7.11 Å². The quantitative estimate of drug-likeness (QED) is 0.569. The fourth-order valence-electron chi connectivity index (χ4n) is 3.76. The maximum atomic E-state index is 12.7. The summed E-state index contributed by atoms with van der Waals surface area (Å²) >= 11 is 0. The number of carbonyl (C=O) groups excluding carboxylic acids is 3. The first-order chi connectivity index (χ1) is 14.5. The van der Waals surface area contributed by atoms with Gasteiger partial charge in [0.2, 0.25) is 5.91 Å². The van der Waals surface area contributed by atoms with Crippen LogP contribution in [0.2, 0.25) is 0 Å². The number of para-hydroxylation sites is 2. The van der Waals surface area contributed by atoms with Gasteiger partial charge in [-0.1, -0.05) is 12.1 Å². The summed E-state index contributed by atoms with van der Waals surface area (Å²) in [5.74, 6) is 0.656. The van der Waals surface area contributed by atoms with E-state index in [9.17, 15) is 14.4 Å². The van der Waals surface area contributed by atoms with Crippen LogP contribution in [0.15, 0.2) is 24.3 Å². The Labute approximate surface area is 177 Å². The maximum absolute atomic E-state index is 12.7. The van der Waals surface area contributed by atoms with Crippen LogP contribution in [0.5, 0.6) is 11.5 Å². The zero-order chi connectivity index (χ0) is 21.5. The monoisotopic (exact) mass is 418 g/mol. The molecule has 0 N–H and O–H groups in total. The van der Waals surface area contributed by atoms with E-state index < -0.39 is 0 Å². The molecule has 2 aliphatic rings. The number of amides is 2. The minimum atomic E-state index is -0.206. The predicted octanol–water partition coefficient (Wildman–Crippen LogP) is 1.87. The average Bonchev–Trinajstić information content (AvgIpc) is 3.62. The Bertz CT molecular complexity index is 756. The molecule has 1 aromatic carbocycles. The molecule has 1 aliphatic carbocycles. The molecule has 1 aromatic rings. The molecule has 1 saturated carbocycles. The summed E-state index contributed by atoms with van der Waals surface area (Å²) in [5.41, 5.74) is 0. The van der Waals surface area contributed by atoms with Crippen molar-refractivity contribution in [3.63, 3.8) is 0 Å². The lowest BCUT2D eigenvalue weighted by atomic mass is 9.97. The van der Waals surface area contributed by atoms with Gasteiger partial charge in [-0.2, -0.15) is 0 Å². The Balaban J connectivity index is 1.47. The number of hydrogen-bond donors (Lipinski definition) is 0. The maximum Gasteiger partial charge on any atom is 0.308 e. The molecule has 30 heavy (non-hydrogen) atoms. The lowest BCUT2D eigenvalue weighted by Gasteiger charge is -2.31. The fraction of sp³-hybridized carbons (Fsp3) is 0.591. The minimum Gasteiger partial charge on any atom is -0.493 e. The van der Waals surface area contributed by atoms with Gasteiger partial charge >= 0.3 is 5.97 Å². The molecule has 0 spiro atoms. The number of carbonyl (C=O) groups is 3. The molecule has 2 fully saturated rings. The van der Waals surface area contributed by atoms with E-state index in [0.717, 1.165) is 12.8 Å². The summed E-state index contributed by atoms with van der Waals surface area (Å²) < 4.78 is 15.7. The zero-order valence-electron chi connectivity index (χ0n) is 17.7. The summed E-state index contributed by atoms with van der Waals surface area (Å²) in [6, 6.07) is 7.39. The van der Waals surface area contributed by atoms with Gasteiger partial charge < -0.3 is 24.0 Å². The van der Waals surface area contributed by atoms with Gasteiger partial charge in [-0.25, -0.2) is 0 Å². The SMILES string of the molecule is COC(=O)C1CCN(C(=O)CCN(C(=O)COc2ccccc2OC)C2CC2)CC1. The van der Waals surface area contributed by atoms with Crippen LogP contribution in [-0.2, 0) is 19.1 Å². The van der Waals surface area contributed by atoms with E-state index >= 15 is 0 Å². The van der Waals surface area contributed by atoms with Crippen molar-refractivity contribution in [1.29, 1.82) is 0 Å². The molecule has 2 amide bonds. The van der Waals surface area contributed by atoms with Crippen LogP contribution in [0.4, 0.5) is 0 Å². The van der Waals surface area contributed by atoms with Crippen molar-refractivity contribution in [2.45, 2.75) is 38.1 Å². The van der Waals surface area contributed by atoms with Gasteiger partial charge in [0.05, 0.1) is 20.1 Å². The molecule has 0 atom stereocenters. The molecule has 0 unspecified atom stereocenters. The number of methoxy groups -OCH3 is 2. The number of benzene rings is 1. The number of hydrogen-bond acceptors (Lipinski definition) is 6. The fourth-order valence-corrected chi connectivity index (χ4v) is 3.76. The number of nitrogens with zero attached hydrogens (tertiary/aromatic N) is 2. The van der Waals surface area contributed by atoms with Crippen LogP contribution in [0.25, 0.3) is 0 Å². The van der Waals surface area contributed by atoms with E-state index in [0.29, 0.717) is 44.0 Å². The van der Waals surface area contributed by atoms with E-state index in [-0.39, 0.29) is 42.8 Å². The topological polar surface area (TPSA) is 85.4 Å². The van der Waals surface area contributed by atoms with Crippen LogP contribution >= 0.6 is 0 Å². The van der Waals surface area contributed by atoms with Crippen molar-refractivity contribution in [2.24, 2.45) is 5.92 Å². The lowest BCUT2D eigenvalue weighted by Crippen LogP contribution is -2.43. The number of piperidine rings is 1. The third-order valence-corrected chi connectivity index (χ3v) is 5.68. The van der Waals surface area contributed by atoms with E-state index in [2.05, 4.69) is 0 Å². The van der Waals surface area contributed by atoms with Crippen molar-refractivity contribution >= 4 is 17.8 Å². The summed E-state index contributed by atoms with van der Waals surface area (Å²) in [6.45, 7) is 1.39. The Morgan fingerprint density at radius 3 is 2.30 bits per heavy atom. The van der Waals surface area contributed by atoms with Crippen molar-refractivity contribution in [1.82, 2.24) is 9.80 Å². The first kappa shape index (κ1) is 21.9. The molecule has 1 saturated heterocycles. The summed E-state index contributed by atoms with van der Waals surface area (Å²) in [5, 5.41) is 0. The average molecular weight is 418 g/mol. The van der Waals surface area contributed by atoms with E-state index in [1.807, 2.05) is 12.1 Å². The number of likely N-dealkylation sites (tertiary alicyclic amines) is 1. The van der Waals surface area contributed by atoms with Crippen LogP contribution in [-0.4, -0.2) is 74.1 Å². The van der Waals surface area contributed by atoms with Gasteiger partial charge in [0.1, 0.15) is 0 Å². The second-order valence-corrected chi connectivity index (χ2v) is 7.69. The number of ether oxygens (including phenoxy) is 3. The molecule has 1 heterocycles. The lowest BCUT2D eigenvalue weighted by molar-refractivity contribution is -0.149. The second kappa shape index (κ2) is 10.3. The zero-order valence-corrected chi connectivity index (χ0v) is 17.7. The minimum absolute atomic E-state index is 0.0161. The Kier molecular flexibility index (Phi) is 7.54. The standard InChI is InChI=1S/C22H30N2O6/c1-28-18-5-3-4-6-19(18)30-15-21(26)24(17-7-8-17)14-11-20(25)23-12-9-16(10-13-23)22(27)29-2/h3-6,16-17H,7-15H2,1-2H3. The van der Waals surface area contributed by atoms with E-state index in [1.54, 1.807) is 29.0 Å². The normalized spacial score (nSPS) is 16.7. The molecular formula is C22H30N2O6. The molecule has 3 rings (SSSR count). The molecular weight excluding hydrogens is 388 g/mol. The molecule has 164 valence electrons. The Hall–Kier alpha value is -2.77. The van der Waals surface area contributed by atoms with Crippen molar-refractivity contribution in [3.8, 4) is 11.5 Å². The van der Waals surface area contributed by atoms with Crippen molar-refractivity contribution in [2.75, 3.05) is 40.5 Å². The Morgan fingerprint density at radius 2 is 1.70 bits per heavy atom. The third kappa shape index (κ3) is 5.64. The second-order valence-electron chi connectivity index (χ2n) is 7.69. The molecule has 0 bridgehead atoms. The summed E-state index contributed by atoms with van der Waals surface area (Å²) in [7, 11) is 2.95. The van der Waals surface area contributed by atoms with Crippen LogP contribution in [0.1, 0.15) is 32.1 Å². The van der Waals surface area contributed by atoms with Crippen molar-refractivity contribution < 1.29 is 28.6 Å². The van der Waals surface area contributed by atoms with Crippen LogP contribution < -0.4 is 9.47 Å². The molecule has 0 radical (unpaired) electrons. The van der Waals surface area contributed by atoms with Gasteiger partial charge in [0.25, 0.3) is 5.91 Å². The van der Waals surface area contributed by atoms with Crippen LogP contribution in [0, 0.1) is 5.92 Å². The van der Waals surface area contributed by atoms with Crippen LogP contribution in [0.3, 0.4) is 0 Å². The van der Waals surface area contributed by atoms with Gasteiger partial charge in [0.15, 0.2) is 18.1 Å². The highest BCUT2D eigenvalue weighted by molar-refractivity contribution is 5.81. The predicted molar refractivity (Wildman–Crippen MR) is 109 cm³/mol. The summed E-state index contributed by atoms with van der Waals surface area (Å²) in [4.78, 5) is 40.5. The summed E-state index contributed by atoms with van der Waals surface area (Å²) in [6.07, 6.45) is 3.44. The van der Waals surface area contributed by atoms with Gasteiger partial charge in [-0.15, -0.1) is 0 Å². The largest absolute Gasteiger partial charge is 0.493 e. The first-order valence-electron chi connectivity index (χ1n) is 10.4. The number of rotatable bonds is 9.